The summed E-state index contributed by atoms with van der Waals surface area (Å²) < 4.78 is 38.0. The molecule has 1 amide bonds. The van der Waals surface area contributed by atoms with Crippen LogP contribution >= 0.6 is 0 Å². The zero-order valence-corrected chi connectivity index (χ0v) is 14.7. The normalized spacial score (nSPS) is 20.1. The van der Waals surface area contributed by atoms with Crippen LogP contribution in [0.15, 0.2) is 24.3 Å². The Kier molecular flexibility index (Phi) is 6.70. The van der Waals surface area contributed by atoms with Crippen molar-refractivity contribution >= 4 is 11.6 Å². The van der Waals surface area contributed by atoms with Crippen LogP contribution in [-0.2, 0) is 11.0 Å². The largest absolute Gasteiger partial charge is 0.416 e. The van der Waals surface area contributed by atoms with Crippen molar-refractivity contribution in [3.63, 3.8) is 0 Å². The van der Waals surface area contributed by atoms with Crippen molar-refractivity contribution in [3.8, 4) is 0 Å². The second kappa shape index (κ2) is 8.56. The van der Waals surface area contributed by atoms with Gasteiger partial charge in [-0.1, -0.05) is 13.0 Å². The summed E-state index contributed by atoms with van der Waals surface area (Å²) in [4.78, 5) is 14.3. The SMILES string of the molecule is CC1CCCN(C(C)CNC(=O)CNc2cccc(C(F)(F)F)c2)C1. The van der Waals surface area contributed by atoms with Gasteiger partial charge in [-0.05, 0) is 50.4 Å². The van der Waals surface area contributed by atoms with Gasteiger partial charge in [0.25, 0.3) is 0 Å². The molecule has 1 aliphatic rings. The molecule has 1 aromatic rings. The van der Waals surface area contributed by atoms with E-state index in [4.69, 9.17) is 0 Å². The van der Waals surface area contributed by atoms with Crippen molar-refractivity contribution in [1.82, 2.24) is 10.2 Å². The van der Waals surface area contributed by atoms with Crippen LogP contribution in [0.1, 0.15) is 32.3 Å². The van der Waals surface area contributed by atoms with E-state index in [-0.39, 0.29) is 24.2 Å². The fourth-order valence-electron chi connectivity index (χ4n) is 3.07. The number of benzene rings is 1. The Balaban J connectivity index is 1.75. The molecule has 25 heavy (non-hydrogen) atoms. The molecule has 0 radical (unpaired) electrons. The van der Waals surface area contributed by atoms with Crippen LogP contribution in [0.25, 0.3) is 0 Å². The van der Waals surface area contributed by atoms with Crippen molar-refractivity contribution in [1.29, 1.82) is 0 Å². The maximum Gasteiger partial charge on any atom is 0.416 e. The van der Waals surface area contributed by atoms with Gasteiger partial charge in [0.05, 0.1) is 12.1 Å². The monoisotopic (exact) mass is 357 g/mol. The van der Waals surface area contributed by atoms with Crippen LogP contribution in [0.3, 0.4) is 0 Å². The number of amides is 1. The summed E-state index contributed by atoms with van der Waals surface area (Å²) in [6, 6.07) is 5.10. The van der Waals surface area contributed by atoms with E-state index in [1.54, 1.807) is 0 Å². The average molecular weight is 357 g/mol. The first-order valence-electron chi connectivity index (χ1n) is 8.67. The Labute approximate surface area is 146 Å². The van der Waals surface area contributed by atoms with E-state index in [0.29, 0.717) is 12.5 Å². The number of anilines is 1. The molecule has 0 bridgehead atoms. The Morgan fingerprint density at radius 3 is 2.84 bits per heavy atom. The Morgan fingerprint density at radius 2 is 2.16 bits per heavy atom. The number of carbonyl (C=O) groups excluding carboxylic acids is 1. The van der Waals surface area contributed by atoms with Gasteiger partial charge in [0, 0.05) is 24.8 Å². The lowest BCUT2D eigenvalue weighted by Gasteiger charge is -2.35. The first-order chi connectivity index (χ1) is 11.8. The summed E-state index contributed by atoms with van der Waals surface area (Å²) in [5.74, 6) is 0.448. The molecule has 2 N–H and O–H groups in total. The molecule has 2 unspecified atom stereocenters. The molecular formula is C18H26F3N3O. The number of nitrogens with zero attached hydrogens (tertiary/aromatic N) is 1. The molecule has 2 rings (SSSR count). The number of hydrogen-bond donors (Lipinski definition) is 2. The van der Waals surface area contributed by atoms with E-state index in [2.05, 4.69) is 29.4 Å². The molecule has 2 atom stereocenters. The molecule has 7 heteroatoms. The second-order valence-corrected chi connectivity index (χ2v) is 6.83. The van der Waals surface area contributed by atoms with Crippen molar-refractivity contribution in [3.05, 3.63) is 29.8 Å². The number of carbonyl (C=O) groups is 1. The van der Waals surface area contributed by atoms with E-state index in [9.17, 15) is 18.0 Å². The summed E-state index contributed by atoms with van der Waals surface area (Å²) in [6.07, 6.45) is -1.96. The molecule has 1 fully saturated rings. The van der Waals surface area contributed by atoms with Gasteiger partial charge in [-0.3, -0.25) is 9.69 Å². The number of rotatable bonds is 6. The highest BCUT2D eigenvalue weighted by molar-refractivity contribution is 5.80. The first-order valence-corrected chi connectivity index (χ1v) is 8.67. The summed E-state index contributed by atoms with van der Waals surface area (Å²) in [7, 11) is 0. The third-order valence-electron chi connectivity index (χ3n) is 4.55. The van der Waals surface area contributed by atoms with Crippen molar-refractivity contribution in [2.75, 3.05) is 31.5 Å². The molecule has 0 aromatic heterocycles. The molecule has 0 aliphatic carbocycles. The molecule has 1 aliphatic heterocycles. The smallest absolute Gasteiger partial charge is 0.376 e. The minimum atomic E-state index is -4.39. The first kappa shape index (κ1) is 19.6. The summed E-state index contributed by atoms with van der Waals surface area (Å²) >= 11 is 0. The predicted octanol–water partition coefficient (Wildman–Crippen LogP) is 3.35. The van der Waals surface area contributed by atoms with Gasteiger partial charge in [0.1, 0.15) is 0 Å². The van der Waals surface area contributed by atoms with Gasteiger partial charge in [-0.2, -0.15) is 13.2 Å². The third-order valence-corrected chi connectivity index (χ3v) is 4.55. The topological polar surface area (TPSA) is 44.4 Å². The van der Waals surface area contributed by atoms with Crippen LogP contribution < -0.4 is 10.6 Å². The summed E-state index contributed by atoms with van der Waals surface area (Å²) in [6.45, 7) is 6.89. The van der Waals surface area contributed by atoms with E-state index in [1.165, 1.54) is 25.0 Å². The average Bonchev–Trinajstić information content (AvgIpc) is 2.57. The Hall–Kier alpha value is -1.76. The number of piperidine rings is 1. The van der Waals surface area contributed by atoms with Gasteiger partial charge in [-0.15, -0.1) is 0 Å². The van der Waals surface area contributed by atoms with E-state index in [1.807, 2.05) is 0 Å². The minimum absolute atomic E-state index is 0.0512. The molecule has 1 saturated heterocycles. The minimum Gasteiger partial charge on any atom is -0.376 e. The lowest BCUT2D eigenvalue weighted by atomic mass is 9.99. The predicted molar refractivity (Wildman–Crippen MR) is 92.4 cm³/mol. The third kappa shape index (κ3) is 6.23. The fourth-order valence-corrected chi connectivity index (χ4v) is 3.07. The number of nitrogens with one attached hydrogen (secondary N) is 2. The van der Waals surface area contributed by atoms with E-state index in [0.717, 1.165) is 25.2 Å². The van der Waals surface area contributed by atoms with Crippen LogP contribution in [0.2, 0.25) is 0 Å². The molecule has 140 valence electrons. The van der Waals surface area contributed by atoms with Gasteiger partial charge < -0.3 is 10.6 Å². The lowest BCUT2D eigenvalue weighted by Crippen LogP contribution is -2.47. The highest BCUT2D eigenvalue weighted by Gasteiger charge is 2.30. The zero-order valence-electron chi connectivity index (χ0n) is 14.7. The summed E-state index contributed by atoms with van der Waals surface area (Å²) in [5, 5.41) is 5.59. The molecular weight excluding hydrogens is 331 g/mol. The highest BCUT2D eigenvalue weighted by Crippen LogP contribution is 2.30. The molecule has 1 aromatic carbocycles. The number of halogens is 3. The second-order valence-electron chi connectivity index (χ2n) is 6.83. The van der Waals surface area contributed by atoms with Crippen LogP contribution in [0.4, 0.5) is 18.9 Å². The number of hydrogen-bond acceptors (Lipinski definition) is 3. The maximum atomic E-state index is 12.7. The van der Waals surface area contributed by atoms with Crippen molar-refractivity contribution < 1.29 is 18.0 Å². The fraction of sp³-hybridized carbons (Fsp3) is 0.611. The van der Waals surface area contributed by atoms with Crippen LogP contribution in [0.5, 0.6) is 0 Å². The number of alkyl halides is 3. The molecule has 0 spiro atoms. The zero-order chi connectivity index (χ0) is 18.4. The van der Waals surface area contributed by atoms with E-state index >= 15 is 0 Å². The van der Waals surface area contributed by atoms with Gasteiger partial charge >= 0.3 is 6.18 Å². The lowest BCUT2D eigenvalue weighted by molar-refractivity contribution is -0.137. The molecule has 4 nitrogen and oxygen atoms in total. The highest BCUT2D eigenvalue weighted by atomic mass is 19.4. The van der Waals surface area contributed by atoms with Crippen molar-refractivity contribution in [2.24, 2.45) is 5.92 Å². The van der Waals surface area contributed by atoms with Gasteiger partial charge in [-0.25, -0.2) is 0 Å². The maximum absolute atomic E-state index is 12.7. The molecule has 0 saturated carbocycles. The standard InChI is InChI=1S/C18H26F3N3O/c1-13-5-4-8-24(12-13)14(2)10-23-17(25)11-22-16-7-3-6-15(9-16)18(19,20)21/h3,6-7,9,13-14,22H,4-5,8,10-12H2,1-2H3,(H,23,25). The van der Waals surface area contributed by atoms with Gasteiger partial charge in [0.2, 0.25) is 5.91 Å². The van der Waals surface area contributed by atoms with Crippen LogP contribution in [0, 0.1) is 5.92 Å². The van der Waals surface area contributed by atoms with Gasteiger partial charge in [0.15, 0.2) is 0 Å². The number of likely N-dealkylation sites (tertiary alicyclic amines) is 1. The van der Waals surface area contributed by atoms with E-state index < -0.39 is 11.7 Å². The van der Waals surface area contributed by atoms with Crippen LogP contribution in [-0.4, -0.2) is 43.0 Å². The Morgan fingerprint density at radius 1 is 1.40 bits per heavy atom. The quantitative estimate of drug-likeness (QED) is 0.821. The summed E-state index contributed by atoms with van der Waals surface area (Å²) in [5.41, 5.74) is -0.450. The molecule has 1 heterocycles. The van der Waals surface area contributed by atoms with Crippen molar-refractivity contribution in [2.45, 2.75) is 38.9 Å². The Bertz CT molecular complexity index is 577.